The molecule has 168 valence electrons. The summed E-state index contributed by atoms with van der Waals surface area (Å²) in [7, 11) is 1.51. The summed E-state index contributed by atoms with van der Waals surface area (Å²) in [5, 5.41) is 0. The molecule has 0 radical (unpaired) electrons. The molecule has 31 heavy (non-hydrogen) atoms. The van der Waals surface area contributed by atoms with Crippen LogP contribution in [0, 0.1) is 51.8 Å². The van der Waals surface area contributed by atoms with E-state index in [-0.39, 0.29) is 52.0 Å². The van der Waals surface area contributed by atoms with Gasteiger partial charge in [-0.3, -0.25) is 14.4 Å². The lowest BCUT2D eigenvalue weighted by Gasteiger charge is -2.69. The van der Waals surface area contributed by atoms with Gasteiger partial charge in [-0.1, -0.05) is 38.8 Å². The van der Waals surface area contributed by atoms with Crippen molar-refractivity contribution in [2.24, 2.45) is 51.8 Å². The average molecular weight is 425 g/mol. The Labute approximate surface area is 185 Å². The summed E-state index contributed by atoms with van der Waals surface area (Å²) >= 11 is 0. The lowest BCUT2D eigenvalue weighted by Crippen LogP contribution is -2.66. The second kappa shape index (κ2) is 6.65. The number of methoxy groups -OCH3 is 1. The Morgan fingerprint density at radius 2 is 1.77 bits per heavy atom. The first-order valence-corrected chi connectivity index (χ1v) is 12.2. The van der Waals surface area contributed by atoms with Gasteiger partial charge in [0.15, 0.2) is 11.6 Å². The molecule has 6 rings (SSSR count). The number of fused-ring (bicyclic) bond motifs is 1. The zero-order valence-corrected chi connectivity index (χ0v) is 19.6. The van der Waals surface area contributed by atoms with Crippen LogP contribution < -0.4 is 0 Å². The molecule has 0 aromatic carbocycles. The Balaban J connectivity index is 1.66. The van der Waals surface area contributed by atoms with E-state index in [0.29, 0.717) is 11.8 Å². The minimum atomic E-state index is -0.462. The molecule has 3 saturated carbocycles. The third kappa shape index (κ3) is 2.51. The number of rotatable bonds is 2. The van der Waals surface area contributed by atoms with E-state index in [2.05, 4.69) is 33.8 Å². The molecule has 0 aromatic heterocycles. The highest BCUT2D eigenvalue weighted by Crippen LogP contribution is 2.74. The van der Waals surface area contributed by atoms with Crippen LogP contribution in [0.15, 0.2) is 23.8 Å². The molecule has 0 N–H and O–H groups in total. The van der Waals surface area contributed by atoms with Crippen LogP contribution >= 0.6 is 0 Å². The molecule has 0 saturated heterocycles. The third-order valence-corrected chi connectivity index (χ3v) is 10.4. The number of esters is 1. The second-order valence-electron chi connectivity index (χ2n) is 11.8. The molecular weight excluding hydrogens is 388 g/mol. The molecular formula is C27H36O4. The van der Waals surface area contributed by atoms with Crippen molar-refractivity contribution in [2.45, 2.75) is 66.2 Å². The van der Waals surface area contributed by atoms with Gasteiger partial charge < -0.3 is 4.74 Å². The van der Waals surface area contributed by atoms with E-state index in [1.165, 1.54) is 18.8 Å². The highest BCUT2D eigenvalue weighted by atomic mass is 16.5. The van der Waals surface area contributed by atoms with Crippen LogP contribution in [0.2, 0.25) is 0 Å². The van der Waals surface area contributed by atoms with Crippen LogP contribution in [0.4, 0.5) is 0 Å². The molecule has 0 heterocycles. The van der Waals surface area contributed by atoms with E-state index < -0.39 is 5.41 Å². The third-order valence-electron chi connectivity index (χ3n) is 10.4. The van der Waals surface area contributed by atoms with Gasteiger partial charge in [-0.05, 0) is 80.3 Å². The predicted octanol–water partition coefficient (Wildman–Crippen LogP) is 4.92. The van der Waals surface area contributed by atoms with Crippen molar-refractivity contribution in [3.63, 3.8) is 0 Å². The first kappa shape index (κ1) is 21.2. The summed E-state index contributed by atoms with van der Waals surface area (Å²) in [5.74, 6) is 0.932. The van der Waals surface area contributed by atoms with Crippen molar-refractivity contribution in [3.8, 4) is 0 Å². The summed E-state index contributed by atoms with van der Waals surface area (Å²) in [6, 6.07) is 0. The van der Waals surface area contributed by atoms with Crippen molar-refractivity contribution in [3.05, 3.63) is 23.8 Å². The fraction of sp³-hybridized carbons (Fsp3) is 0.741. The van der Waals surface area contributed by atoms with Crippen LogP contribution in [-0.2, 0) is 19.1 Å². The molecule has 3 fully saturated rings. The first-order valence-electron chi connectivity index (χ1n) is 12.2. The van der Waals surface area contributed by atoms with Crippen LogP contribution in [0.5, 0.6) is 0 Å². The molecule has 4 heteroatoms. The molecule has 8 atom stereocenters. The quantitative estimate of drug-likeness (QED) is 0.466. The molecule has 1 spiro atoms. The van der Waals surface area contributed by atoms with Crippen molar-refractivity contribution < 1.29 is 19.1 Å². The highest BCUT2D eigenvalue weighted by molar-refractivity contribution is 6.08. The van der Waals surface area contributed by atoms with Gasteiger partial charge in [-0.2, -0.15) is 0 Å². The van der Waals surface area contributed by atoms with Gasteiger partial charge in [-0.15, -0.1) is 0 Å². The fourth-order valence-electron chi connectivity index (χ4n) is 9.27. The van der Waals surface area contributed by atoms with Gasteiger partial charge in [0.05, 0.1) is 12.5 Å². The van der Waals surface area contributed by atoms with Gasteiger partial charge >= 0.3 is 5.97 Å². The Bertz CT molecular complexity index is 912. The maximum atomic E-state index is 13.3. The molecule has 4 nitrogen and oxygen atoms in total. The van der Waals surface area contributed by atoms with E-state index in [1.54, 1.807) is 6.08 Å². The zero-order chi connectivity index (χ0) is 22.3. The maximum Gasteiger partial charge on any atom is 0.311 e. The van der Waals surface area contributed by atoms with E-state index in [0.717, 1.165) is 38.5 Å². The number of carbonyl (C=O) groups excluding carboxylic acids is 3. The predicted molar refractivity (Wildman–Crippen MR) is 118 cm³/mol. The molecule has 6 aliphatic rings. The number of hydrogen-bond donors (Lipinski definition) is 0. The largest absolute Gasteiger partial charge is 0.469 e. The number of carbonyl (C=O) groups is 3. The monoisotopic (exact) mass is 424 g/mol. The summed E-state index contributed by atoms with van der Waals surface area (Å²) in [5.41, 5.74) is 0.654. The topological polar surface area (TPSA) is 60.4 Å². The number of hydrogen-bond acceptors (Lipinski definition) is 4. The zero-order valence-electron chi connectivity index (χ0n) is 19.6. The van der Waals surface area contributed by atoms with Crippen molar-refractivity contribution >= 4 is 17.5 Å². The fourth-order valence-corrected chi connectivity index (χ4v) is 9.27. The molecule has 0 aliphatic heterocycles. The van der Waals surface area contributed by atoms with Crippen molar-refractivity contribution in [1.82, 2.24) is 0 Å². The summed E-state index contributed by atoms with van der Waals surface area (Å²) in [6.45, 7) is 8.93. The SMILES string of the molecule is COC(=O)[C@]1(C)CCC[C@]2(C)C3CC4C(C(C)C)=CC3(CCC21)C1C(=O)C=CC(=O)C41. The Kier molecular flexibility index (Phi) is 4.54. The van der Waals surface area contributed by atoms with Crippen molar-refractivity contribution in [1.29, 1.82) is 0 Å². The minimum absolute atomic E-state index is 0.0217. The Morgan fingerprint density at radius 3 is 2.45 bits per heavy atom. The number of ether oxygens (including phenoxy) is 1. The second-order valence-corrected chi connectivity index (χ2v) is 11.8. The maximum absolute atomic E-state index is 13.3. The summed E-state index contributed by atoms with van der Waals surface area (Å²) < 4.78 is 5.29. The van der Waals surface area contributed by atoms with Gasteiger partial charge in [0.25, 0.3) is 0 Å². The van der Waals surface area contributed by atoms with E-state index in [4.69, 9.17) is 4.74 Å². The van der Waals surface area contributed by atoms with Crippen LogP contribution in [0.1, 0.15) is 66.2 Å². The molecule has 2 bridgehead atoms. The van der Waals surface area contributed by atoms with E-state index >= 15 is 0 Å². The average Bonchev–Trinajstić information content (AvgIpc) is 2.74. The first-order chi connectivity index (χ1) is 14.6. The summed E-state index contributed by atoms with van der Waals surface area (Å²) in [4.78, 5) is 39.3. The van der Waals surface area contributed by atoms with Gasteiger partial charge in [0, 0.05) is 17.3 Å². The highest BCUT2D eigenvalue weighted by Gasteiger charge is 2.70. The van der Waals surface area contributed by atoms with Crippen LogP contribution in [0.25, 0.3) is 0 Å². The molecule has 0 aromatic rings. The number of ketones is 2. The smallest absolute Gasteiger partial charge is 0.311 e. The standard InChI is InChI=1S/C27H36O4/c1-15(2)17-14-27-12-9-20-25(3,10-6-11-26(20,4)24(30)31-5)21(27)13-16(17)22-18(28)7-8-19(29)23(22)27/h7-8,14-16,20-23H,6,9-13H2,1-5H3/t16?,20?,21?,22?,23?,25-,26+,27?/m0/s1. The number of allylic oxidation sites excluding steroid dienone is 4. The van der Waals surface area contributed by atoms with E-state index in [9.17, 15) is 14.4 Å². The van der Waals surface area contributed by atoms with Crippen molar-refractivity contribution in [2.75, 3.05) is 7.11 Å². The van der Waals surface area contributed by atoms with Crippen LogP contribution in [0.3, 0.4) is 0 Å². The van der Waals surface area contributed by atoms with Gasteiger partial charge in [0.1, 0.15) is 0 Å². The van der Waals surface area contributed by atoms with Crippen LogP contribution in [-0.4, -0.2) is 24.6 Å². The Morgan fingerprint density at radius 1 is 1.06 bits per heavy atom. The van der Waals surface area contributed by atoms with Gasteiger partial charge in [-0.25, -0.2) is 0 Å². The minimum Gasteiger partial charge on any atom is -0.469 e. The Hall–Kier alpha value is -1.71. The molecule has 6 unspecified atom stereocenters. The summed E-state index contributed by atoms with van der Waals surface area (Å²) in [6.07, 6.45) is 11.3. The van der Waals surface area contributed by atoms with E-state index in [1.807, 2.05) is 0 Å². The normalized spacial score (nSPS) is 48.1. The lowest BCUT2D eigenvalue weighted by atomic mass is 9.33. The molecule has 0 amide bonds. The van der Waals surface area contributed by atoms with Gasteiger partial charge in [0.2, 0.25) is 0 Å². The molecule has 6 aliphatic carbocycles. The lowest BCUT2D eigenvalue weighted by molar-refractivity contribution is -0.199.